The summed E-state index contributed by atoms with van der Waals surface area (Å²) in [5, 5.41) is 4.03. The highest BCUT2D eigenvalue weighted by molar-refractivity contribution is 7.87. The van der Waals surface area contributed by atoms with Crippen LogP contribution in [0.2, 0.25) is 0 Å². The van der Waals surface area contributed by atoms with E-state index in [9.17, 15) is 8.42 Å². The summed E-state index contributed by atoms with van der Waals surface area (Å²) in [5.74, 6) is 1.50. The van der Waals surface area contributed by atoms with Gasteiger partial charge in [-0.1, -0.05) is 0 Å². The van der Waals surface area contributed by atoms with E-state index in [-0.39, 0.29) is 12.6 Å². The summed E-state index contributed by atoms with van der Waals surface area (Å²) in [6.07, 6.45) is 5.05. The van der Waals surface area contributed by atoms with Crippen LogP contribution in [0.4, 0.5) is 0 Å². The molecule has 0 amide bonds. The molecule has 2 aromatic heterocycles. The summed E-state index contributed by atoms with van der Waals surface area (Å²) in [7, 11) is -1.75. The zero-order valence-electron chi connectivity index (χ0n) is 12.7. The van der Waals surface area contributed by atoms with Crippen LogP contribution >= 0.6 is 0 Å². The van der Waals surface area contributed by atoms with E-state index in [1.807, 2.05) is 19.1 Å². The zero-order chi connectivity index (χ0) is 15.7. The molecule has 2 aromatic rings. The van der Waals surface area contributed by atoms with Crippen molar-refractivity contribution < 1.29 is 12.8 Å². The first kappa shape index (κ1) is 15.3. The van der Waals surface area contributed by atoms with Crippen LogP contribution < -0.4 is 4.72 Å². The Hall–Kier alpha value is -1.64. The molecule has 0 spiro atoms. The van der Waals surface area contributed by atoms with Crippen LogP contribution in [0.3, 0.4) is 0 Å². The number of nitrogens with zero attached hydrogens (tertiary/aromatic N) is 3. The number of hydrogen-bond acceptors (Lipinski definition) is 4. The van der Waals surface area contributed by atoms with Gasteiger partial charge in [0.1, 0.15) is 11.5 Å². The van der Waals surface area contributed by atoms with Gasteiger partial charge in [0.25, 0.3) is 10.2 Å². The van der Waals surface area contributed by atoms with E-state index in [4.69, 9.17) is 4.42 Å². The SMILES string of the molecule is Cc1ccc([C@@H]2CCCN2S(=O)(=O)NCc2cnn(C)c2)o1. The Morgan fingerprint density at radius 3 is 2.91 bits per heavy atom. The number of hydrogen-bond donors (Lipinski definition) is 1. The maximum atomic E-state index is 12.5. The van der Waals surface area contributed by atoms with Crippen LogP contribution in [-0.2, 0) is 23.8 Å². The summed E-state index contributed by atoms with van der Waals surface area (Å²) in [5.41, 5.74) is 0.829. The smallest absolute Gasteiger partial charge is 0.280 e. The van der Waals surface area contributed by atoms with Crippen LogP contribution in [0, 0.1) is 6.92 Å². The molecule has 7 nitrogen and oxygen atoms in total. The fourth-order valence-electron chi connectivity index (χ4n) is 2.77. The molecule has 0 aromatic carbocycles. The average molecular weight is 324 g/mol. The standard InChI is InChI=1S/C14H20N4O3S/c1-11-5-6-14(21-11)13-4-3-7-18(13)22(19,20)16-9-12-8-15-17(2)10-12/h5-6,8,10,13,16H,3-4,7,9H2,1-2H3/t13-/m0/s1. The summed E-state index contributed by atoms with van der Waals surface area (Å²) in [4.78, 5) is 0. The first-order chi connectivity index (χ1) is 10.5. The van der Waals surface area contributed by atoms with Gasteiger partial charge < -0.3 is 4.42 Å². The Morgan fingerprint density at radius 2 is 2.27 bits per heavy atom. The molecular weight excluding hydrogens is 304 g/mol. The average Bonchev–Trinajstić information content (AvgIpc) is 3.16. The summed E-state index contributed by atoms with van der Waals surface area (Å²) < 4.78 is 36.5. The van der Waals surface area contributed by atoms with E-state index in [1.54, 1.807) is 24.1 Å². The molecule has 0 aliphatic carbocycles. The summed E-state index contributed by atoms with van der Waals surface area (Å²) >= 11 is 0. The first-order valence-corrected chi connectivity index (χ1v) is 8.70. The monoisotopic (exact) mass is 324 g/mol. The molecule has 1 aliphatic rings. The van der Waals surface area contributed by atoms with E-state index in [0.717, 1.165) is 24.2 Å². The van der Waals surface area contributed by atoms with Crippen molar-refractivity contribution in [1.29, 1.82) is 0 Å². The lowest BCUT2D eigenvalue weighted by molar-refractivity contribution is 0.330. The van der Waals surface area contributed by atoms with Crippen molar-refractivity contribution in [2.45, 2.75) is 32.4 Å². The highest BCUT2D eigenvalue weighted by atomic mass is 32.2. The van der Waals surface area contributed by atoms with E-state index >= 15 is 0 Å². The molecule has 3 heterocycles. The summed E-state index contributed by atoms with van der Waals surface area (Å²) in [6.45, 7) is 2.60. The number of aryl methyl sites for hydroxylation is 2. The second kappa shape index (κ2) is 5.86. The maximum absolute atomic E-state index is 12.5. The quantitative estimate of drug-likeness (QED) is 0.903. The largest absolute Gasteiger partial charge is 0.465 e. The number of nitrogens with one attached hydrogen (secondary N) is 1. The van der Waals surface area contributed by atoms with Crippen molar-refractivity contribution in [3.8, 4) is 0 Å². The van der Waals surface area contributed by atoms with Gasteiger partial charge in [-0.25, -0.2) is 0 Å². The lowest BCUT2D eigenvalue weighted by Crippen LogP contribution is -2.39. The van der Waals surface area contributed by atoms with Crippen molar-refractivity contribution in [1.82, 2.24) is 18.8 Å². The fraction of sp³-hybridized carbons (Fsp3) is 0.500. The third-order valence-corrected chi connectivity index (χ3v) is 5.38. The predicted octanol–water partition coefficient (Wildman–Crippen LogP) is 1.49. The van der Waals surface area contributed by atoms with Crippen LogP contribution in [0.5, 0.6) is 0 Å². The molecule has 1 fully saturated rings. The van der Waals surface area contributed by atoms with E-state index in [0.29, 0.717) is 12.3 Å². The minimum Gasteiger partial charge on any atom is -0.465 e. The van der Waals surface area contributed by atoms with E-state index < -0.39 is 10.2 Å². The van der Waals surface area contributed by atoms with Crippen LogP contribution in [0.1, 0.15) is 36.0 Å². The van der Waals surface area contributed by atoms with Gasteiger partial charge in [0, 0.05) is 31.9 Å². The van der Waals surface area contributed by atoms with Gasteiger partial charge in [-0.15, -0.1) is 0 Å². The molecule has 1 atom stereocenters. The highest BCUT2D eigenvalue weighted by Crippen LogP contribution is 2.34. The van der Waals surface area contributed by atoms with Crippen molar-refractivity contribution in [3.63, 3.8) is 0 Å². The third kappa shape index (κ3) is 3.08. The molecule has 0 saturated carbocycles. The van der Waals surface area contributed by atoms with Crippen LogP contribution in [-0.4, -0.2) is 29.0 Å². The molecule has 0 radical (unpaired) electrons. The van der Waals surface area contributed by atoms with Gasteiger partial charge in [-0.3, -0.25) is 4.68 Å². The lowest BCUT2D eigenvalue weighted by atomic mass is 10.2. The molecule has 1 aliphatic heterocycles. The van der Waals surface area contributed by atoms with Crippen molar-refractivity contribution >= 4 is 10.2 Å². The van der Waals surface area contributed by atoms with Gasteiger partial charge in [-0.2, -0.15) is 22.5 Å². The molecular formula is C14H20N4O3S. The number of rotatable bonds is 5. The van der Waals surface area contributed by atoms with Crippen molar-refractivity contribution in [2.75, 3.05) is 6.54 Å². The Morgan fingerprint density at radius 1 is 1.45 bits per heavy atom. The Labute approximate surface area is 130 Å². The predicted molar refractivity (Wildman–Crippen MR) is 81.1 cm³/mol. The van der Waals surface area contributed by atoms with Gasteiger partial charge >= 0.3 is 0 Å². The zero-order valence-corrected chi connectivity index (χ0v) is 13.5. The highest BCUT2D eigenvalue weighted by Gasteiger charge is 2.36. The Kier molecular flexibility index (Phi) is 4.07. The molecule has 0 unspecified atom stereocenters. The normalized spacial score (nSPS) is 19.8. The minimum absolute atomic E-state index is 0.222. The molecule has 1 saturated heterocycles. The van der Waals surface area contributed by atoms with Gasteiger partial charge in [-0.05, 0) is 31.9 Å². The topological polar surface area (TPSA) is 80.4 Å². The van der Waals surface area contributed by atoms with E-state index in [2.05, 4.69) is 9.82 Å². The lowest BCUT2D eigenvalue weighted by Gasteiger charge is -2.22. The number of furan rings is 1. The van der Waals surface area contributed by atoms with Crippen molar-refractivity contribution in [2.24, 2.45) is 7.05 Å². The Bertz CT molecular complexity index is 750. The fourth-order valence-corrected chi connectivity index (χ4v) is 4.19. The molecule has 0 bridgehead atoms. The summed E-state index contributed by atoms with van der Waals surface area (Å²) in [6, 6.07) is 3.50. The van der Waals surface area contributed by atoms with Crippen LogP contribution in [0.25, 0.3) is 0 Å². The maximum Gasteiger partial charge on any atom is 0.280 e. The second-order valence-electron chi connectivity index (χ2n) is 5.57. The van der Waals surface area contributed by atoms with E-state index in [1.165, 1.54) is 4.31 Å². The molecule has 8 heteroatoms. The molecule has 22 heavy (non-hydrogen) atoms. The number of aromatic nitrogens is 2. The van der Waals surface area contributed by atoms with Gasteiger partial charge in [0.05, 0.1) is 12.2 Å². The second-order valence-corrected chi connectivity index (χ2v) is 7.27. The Balaban J connectivity index is 1.73. The molecule has 3 rings (SSSR count). The van der Waals surface area contributed by atoms with Crippen molar-refractivity contribution in [3.05, 3.63) is 41.6 Å². The first-order valence-electron chi connectivity index (χ1n) is 7.26. The molecule has 120 valence electrons. The van der Waals surface area contributed by atoms with Crippen LogP contribution in [0.15, 0.2) is 28.9 Å². The third-order valence-electron chi connectivity index (χ3n) is 3.82. The van der Waals surface area contributed by atoms with Gasteiger partial charge in [0.15, 0.2) is 0 Å². The molecule has 1 N–H and O–H groups in total. The minimum atomic E-state index is -3.55. The van der Waals surface area contributed by atoms with Gasteiger partial charge in [0.2, 0.25) is 0 Å².